The van der Waals surface area contributed by atoms with Crippen molar-refractivity contribution in [1.29, 1.82) is 5.26 Å². The van der Waals surface area contributed by atoms with E-state index < -0.39 is 0 Å². The molecule has 2 aliphatic rings. The third kappa shape index (κ3) is 1.87. The van der Waals surface area contributed by atoms with Crippen LogP contribution >= 0.6 is 23.2 Å². The van der Waals surface area contributed by atoms with Gasteiger partial charge in [0.25, 0.3) is 0 Å². The molecule has 2 aromatic rings. The summed E-state index contributed by atoms with van der Waals surface area (Å²) in [6, 6.07) is 10.2. The molecule has 4 rings (SSSR count). The first-order chi connectivity index (χ1) is 10.7. The zero-order valence-corrected chi connectivity index (χ0v) is 12.8. The summed E-state index contributed by atoms with van der Waals surface area (Å²) in [5.74, 6) is -0.0322. The Labute approximate surface area is 136 Å². The minimum atomic E-state index is -0.0322. The number of fused-ring (bicyclic) bond motifs is 5. The van der Waals surface area contributed by atoms with Crippen LogP contribution in [-0.2, 0) is 0 Å². The van der Waals surface area contributed by atoms with Crippen LogP contribution in [0, 0.1) is 11.3 Å². The van der Waals surface area contributed by atoms with Crippen molar-refractivity contribution in [3.63, 3.8) is 0 Å². The number of benzene rings is 1. The van der Waals surface area contributed by atoms with Crippen LogP contribution in [0.2, 0.25) is 0 Å². The number of nitriles is 1. The van der Waals surface area contributed by atoms with Gasteiger partial charge >= 0.3 is 0 Å². The molecule has 0 amide bonds. The van der Waals surface area contributed by atoms with Crippen LogP contribution < -0.4 is 5.32 Å². The first-order valence-corrected chi connectivity index (χ1v) is 7.55. The van der Waals surface area contributed by atoms with Gasteiger partial charge in [0.1, 0.15) is 5.16 Å². The predicted molar refractivity (Wildman–Crippen MR) is 87.8 cm³/mol. The highest BCUT2D eigenvalue weighted by atomic mass is 35.5. The maximum absolute atomic E-state index is 9.11. The van der Waals surface area contributed by atoms with Crippen LogP contribution in [0.15, 0.2) is 51.3 Å². The van der Waals surface area contributed by atoms with E-state index in [2.05, 4.69) is 21.4 Å². The highest BCUT2D eigenvalue weighted by Crippen LogP contribution is 2.38. The van der Waals surface area contributed by atoms with Gasteiger partial charge in [-0.3, -0.25) is 0 Å². The lowest BCUT2D eigenvalue weighted by Gasteiger charge is -2.25. The highest BCUT2D eigenvalue weighted by molar-refractivity contribution is 6.41. The zero-order chi connectivity index (χ0) is 15.3. The van der Waals surface area contributed by atoms with Gasteiger partial charge in [0.05, 0.1) is 17.5 Å². The zero-order valence-electron chi connectivity index (χ0n) is 11.3. The minimum Gasteiger partial charge on any atom is -0.357 e. The molecule has 0 fully saturated rings. The molecule has 0 saturated carbocycles. The van der Waals surface area contributed by atoms with E-state index in [0.29, 0.717) is 11.6 Å². The number of nitrogens with one attached hydrogen (secondary N) is 2. The second-order valence-corrected chi connectivity index (χ2v) is 5.93. The Morgan fingerprint density at radius 1 is 1.27 bits per heavy atom. The third-order valence-electron chi connectivity index (χ3n) is 3.91. The van der Waals surface area contributed by atoms with E-state index in [1.54, 1.807) is 0 Å². The van der Waals surface area contributed by atoms with Gasteiger partial charge in [0, 0.05) is 34.5 Å². The van der Waals surface area contributed by atoms with Crippen molar-refractivity contribution in [2.24, 2.45) is 4.99 Å². The molecule has 2 heterocycles. The number of rotatable bonds is 1. The number of aliphatic imine (C=N–C) groups is 1. The third-order valence-corrected chi connectivity index (χ3v) is 4.56. The summed E-state index contributed by atoms with van der Waals surface area (Å²) in [5.41, 5.74) is 4.56. The summed E-state index contributed by atoms with van der Waals surface area (Å²) in [4.78, 5) is 7.85. The van der Waals surface area contributed by atoms with Gasteiger partial charge in [-0.05, 0) is 12.1 Å². The molecule has 108 valence electrons. The van der Waals surface area contributed by atoms with E-state index in [0.717, 1.165) is 33.6 Å². The molecule has 2 N–H and O–H groups in total. The lowest BCUT2D eigenvalue weighted by atomic mass is 9.87. The van der Waals surface area contributed by atoms with Crippen molar-refractivity contribution < 1.29 is 0 Å². The Morgan fingerprint density at radius 2 is 2.09 bits per heavy atom. The summed E-state index contributed by atoms with van der Waals surface area (Å²) < 4.78 is 0. The number of H-pyrrole nitrogens is 1. The number of allylic oxidation sites excluding steroid dienone is 2. The summed E-state index contributed by atoms with van der Waals surface area (Å²) in [6.07, 6.45) is 2.36. The number of nitrogens with zero attached hydrogens (tertiary/aromatic N) is 2. The molecule has 1 aliphatic heterocycles. The van der Waals surface area contributed by atoms with Crippen molar-refractivity contribution >= 4 is 39.8 Å². The summed E-state index contributed by atoms with van der Waals surface area (Å²) in [7, 11) is 0. The van der Waals surface area contributed by atoms with Gasteiger partial charge < -0.3 is 10.3 Å². The number of aromatic amines is 1. The molecule has 1 unspecified atom stereocenters. The minimum absolute atomic E-state index is 0.0322. The first kappa shape index (κ1) is 13.4. The molecular weight excluding hydrogens is 319 g/mol. The summed E-state index contributed by atoms with van der Waals surface area (Å²) >= 11 is 12.1. The maximum Gasteiger partial charge on any atom is 0.165 e. The predicted octanol–water partition coefficient (Wildman–Crippen LogP) is 4.06. The topological polar surface area (TPSA) is 64.0 Å². The van der Waals surface area contributed by atoms with E-state index in [-0.39, 0.29) is 11.1 Å². The van der Waals surface area contributed by atoms with Gasteiger partial charge in [0.15, 0.2) is 5.16 Å². The standard InChI is InChI=1S/C16H10Cl2N4/c17-15-16(18)22-14-11(21-15)7-8(5-6-19)13-12(14)9-3-1-2-4-10(9)20-13/h1-4,7-8,20-21H,5H2. The summed E-state index contributed by atoms with van der Waals surface area (Å²) in [5, 5.41) is 13.8. The van der Waals surface area contributed by atoms with E-state index in [1.807, 2.05) is 30.3 Å². The largest absolute Gasteiger partial charge is 0.357 e. The highest BCUT2D eigenvalue weighted by Gasteiger charge is 2.31. The maximum atomic E-state index is 9.11. The van der Waals surface area contributed by atoms with Crippen LogP contribution in [-0.4, -0.2) is 10.7 Å². The van der Waals surface area contributed by atoms with Gasteiger partial charge in [-0.15, -0.1) is 0 Å². The fraction of sp³-hybridized carbons (Fsp3) is 0.125. The van der Waals surface area contributed by atoms with Gasteiger partial charge in [0.2, 0.25) is 0 Å². The molecule has 0 saturated heterocycles. The van der Waals surface area contributed by atoms with Crippen LogP contribution in [0.25, 0.3) is 10.9 Å². The molecule has 1 aliphatic carbocycles. The fourth-order valence-corrected chi connectivity index (χ4v) is 3.26. The van der Waals surface area contributed by atoms with Crippen molar-refractivity contribution in [3.05, 3.63) is 57.6 Å². The number of hydrogen-bond donors (Lipinski definition) is 2. The Morgan fingerprint density at radius 3 is 2.91 bits per heavy atom. The van der Waals surface area contributed by atoms with Gasteiger partial charge in [-0.25, -0.2) is 4.99 Å². The molecule has 1 aromatic carbocycles. The van der Waals surface area contributed by atoms with Crippen LogP contribution in [0.4, 0.5) is 0 Å². The van der Waals surface area contributed by atoms with E-state index in [9.17, 15) is 0 Å². The van der Waals surface area contributed by atoms with Crippen molar-refractivity contribution in [3.8, 4) is 6.07 Å². The quantitative estimate of drug-likeness (QED) is 0.775. The van der Waals surface area contributed by atoms with E-state index in [4.69, 9.17) is 28.5 Å². The van der Waals surface area contributed by atoms with Gasteiger partial charge in [-0.1, -0.05) is 41.4 Å². The molecule has 0 radical (unpaired) electrons. The first-order valence-electron chi connectivity index (χ1n) is 6.80. The number of aromatic nitrogens is 1. The lowest BCUT2D eigenvalue weighted by Crippen LogP contribution is -2.28. The van der Waals surface area contributed by atoms with Crippen LogP contribution in [0.1, 0.15) is 23.6 Å². The molecule has 1 aromatic heterocycles. The average Bonchev–Trinajstić information content (AvgIpc) is 2.90. The number of hydrogen-bond acceptors (Lipinski definition) is 3. The fourth-order valence-electron chi connectivity index (χ4n) is 2.99. The number of para-hydroxylation sites is 1. The second-order valence-electron chi connectivity index (χ2n) is 5.20. The monoisotopic (exact) mass is 328 g/mol. The lowest BCUT2D eigenvalue weighted by molar-refractivity contribution is 0.817. The van der Waals surface area contributed by atoms with Gasteiger partial charge in [-0.2, -0.15) is 5.26 Å². The van der Waals surface area contributed by atoms with Crippen molar-refractivity contribution in [2.45, 2.75) is 12.3 Å². The van der Waals surface area contributed by atoms with E-state index in [1.165, 1.54) is 0 Å². The molecule has 0 bridgehead atoms. The molecule has 0 spiro atoms. The molecule has 6 heteroatoms. The van der Waals surface area contributed by atoms with Crippen molar-refractivity contribution in [1.82, 2.24) is 10.3 Å². The molecular formula is C16H10Cl2N4. The Balaban J connectivity index is 2.03. The summed E-state index contributed by atoms with van der Waals surface area (Å²) in [6.45, 7) is 0. The molecule has 4 nitrogen and oxygen atoms in total. The van der Waals surface area contributed by atoms with Crippen LogP contribution in [0.3, 0.4) is 0 Å². The van der Waals surface area contributed by atoms with Crippen LogP contribution in [0.5, 0.6) is 0 Å². The SMILES string of the molecule is N#CCC1C=C2NC(Cl)=C(Cl)N=C2c2c1[nH]c1ccccc21. The Bertz CT molecular complexity index is 927. The Hall–Kier alpha value is -2.22. The van der Waals surface area contributed by atoms with Crippen molar-refractivity contribution in [2.75, 3.05) is 0 Å². The number of halogens is 2. The van der Waals surface area contributed by atoms with E-state index >= 15 is 0 Å². The Kier molecular flexibility index (Phi) is 3.00. The normalized spacial score (nSPS) is 19.8. The molecule has 22 heavy (non-hydrogen) atoms. The second kappa shape index (κ2) is 4.91. The molecule has 1 atom stereocenters. The average molecular weight is 329 g/mol. The smallest absolute Gasteiger partial charge is 0.165 e.